The van der Waals surface area contributed by atoms with Crippen LogP contribution in [-0.2, 0) is 9.47 Å². The van der Waals surface area contributed by atoms with E-state index in [1.165, 1.54) is 6.42 Å². The normalized spacial score (nSPS) is 33.2. The average molecular weight is 256 g/mol. The number of ether oxygens (including phenoxy) is 2. The van der Waals surface area contributed by atoms with E-state index in [0.717, 1.165) is 19.3 Å². The number of rotatable bonds is 4. The molecule has 18 heavy (non-hydrogen) atoms. The van der Waals surface area contributed by atoms with E-state index < -0.39 is 0 Å². The molecule has 0 saturated carbocycles. The molecule has 0 spiro atoms. The van der Waals surface area contributed by atoms with Gasteiger partial charge in [0.2, 0.25) is 0 Å². The summed E-state index contributed by atoms with van der Waals surface area (Å²) < 4.78 is 11.9. The quantitative estimate of drug-likeness (QED) is 0.741. The second-order valence-electron chi connectivity index (χ2n) is 7.42. The Hall–Kier alpha value is -0.0800. The second-order valence-corrected chi connectivity index (χ2v) is 7.42. The molecular formula is C16H32O2. The molecule has 2 nitrogen and oxygen atoms in total. The van der Waals surface area contributed by atoms with Crippen molar-refractivity contribution in [2.24, 2.45) is 11.3 Å². The second kappa shape index (κ2) is 5.92. The van der Waals surface area contributed by atoms with Crippen LogP contribution in [-0.4, -0.2) is 24.9 Å². The summed E-state index contributed by atoms with van der Waals surface area (Å²) in [5, 5.41) is 0. The van der Waals surface area contributed by atoms with E-state index in [9.17, 15) is 0 Å². The fourth-order valence-electron chi connectivity index (χ4n) is 3.38. The Morgan fingerprint density at radius 2 is 1.89 bits per heavy atom. The average Bonchev–Trinajstić information content (AvgIpc) is 2.33. The minimum atomic E-state index is -0.0907. The van der Waals surface area contributed by atoms with E-state index in [2.05, 4.69) is 41.5 Å². The van der Waals surface area contributed by atoms with Crippen LogP contribution in [0.15, 0.2) is 0 Å². The summed E-state index contributed by atoms with van der Waals surface area (Å²) >= 11 is 0. The Labute approximate surface area is 113 Å². The van der Waals surface area contributed by atoms with Crippen molar-refractivity contribution < 1.29 is 9.47 Å². The first-order chi connectivity index (χ1) is 8.19. The highest BCUT2D eigenvalue weighted by Gasteiger charge is 2.36. The van der Waals surface area contributed by atoms with Gasteiger partial charge in [0.15, 0.2) is 0 Å². The maximum Gasteiger partial charge on any atom is 0.0647 e. The lowest BCUT2D eigenvalue weighted by atomic mass is 9.77. The molecule has 0 bridgehead atoms. The van der Waals surface area contributed by atoms with Gasteiger partial charge in [0.1, 0.15) is 0 Å². The van der Waals surface area contributed by atoms with E-state index in [1.54, 1.807) is 7.11 Å². The third-order valence-electron chi connectivity index (χ3n) is 4.33. The Bertz CT molecular complexity index is 256. The van der Waals surface area contributed by atoms with Crippen molar-refractivity contribution in [1.82, 2.24) is 0 Å². The third kappa shape index (κ3) is 4.55. The van der Waals surface area contributed by atoms with Crippen LogP contribution in [0.1, 0.15) is 67.2 Å². The largest absolute Gasteiger partial charge is 0.379 e. The van der Waals surface area contributed by atoms with Crippen molar-refractivity contribution >= 4 is 0 Å². The monoisotopic (exact) mass is 256 g/mol. The molecule has 0 aromatic rings. The summed E-state index contributed by atoms with van der Waals surface area (Å²) in [5.41, 5.74) is 0.282. The van der Waals surface area contributed by atoms with Crippen LogP contribution in [0, 0.1) is 11.3 Å². The summed E-state index contributed by atoms with van der Waals surface area (Å²) in [4.78, 5) is 0. The van der Waals surface area contributed by atoms with Crippen LogP contribution in [0.25, 0.3) is 0 Å². The molecule has 1 heterocycles. The molecule has 3 atom stereocenters. The summed E-state index contributed by atoms with van der Waals surface area (Å²) in [7, 11) is 1.79. The molecule has 0 amide bonds. The molecular weight excluding hydrogens is 224 g/mol. The zero-order chi connectivity index (χ0) is 14.0. The van der Waals surface area contributed by atoms with Gasteiger partial charge in [0.05, 0.1) is 17.8 Å². The Morgan fingerprint density at radius 1 is 1.28 bits per heavy atom. The van der Waals surface area contributed by atoms with Crippen LogP contribution in [0.4, 0.5) is 0 Å². The number of hydrogen-bond acceptors (Lipinski definition) is 2. The molecule has 1 saturated heterocycles. The van der Waals surface area contributed by atoms with Crippen LogP contribution in [0.3, 0.4) is 0 Å². The first-order valence-corrected chi connectivity index (χ1v) is 7.40. The lowest BCUT2D eigenvalue weighted by Crippen LogP contribution is -2.33. The molecule has 1 aliphatic rings. The van der Waals surface area contributed by atoms with Crippen LogP contribution >= 0.6 is 0 Å². The SMILES string of the molecule is CCC1OC(CC(C)(C)OC)CC(C)(C)CC1C. The zero-order valence-corrected chi connectivity index (χ0v) is 13.4. The van der Waals surface area contributed by atoms with E-state index in [4.69, 9.17) is 9.47 Å². The van der Waals surface area contributed by atoms with Gasteiger partial charge in [-0.1, -0.05) is 27.7 Å². The first-order valence-electron chi connectivity index (χ1n) is 7.40. The van der Waals surface area contributed by atoms with Crippen LogP contribution in [0.2, 0.25) is 0 Å². The fourth-order valence-corrected chi connectivity index (χ4v) is 3.38. The molecule has 3 unspecified atom stereocenters. The number of methoxy groups -OCH3 is 1. The maximum atomic E-state index is 6.37. The van der Waals surface area contributed by atoms with Gasteiger partial charge in [0.25, 0.3) is 0 Å². The predicted molar refractivity (Wildman–Crippen MR) is 76.8 cm³/mol. The Kier molecular flexibility index (Phi) is 5.25. The van der Waals surface area contributed by atoms with Crippen molar-refractivity contribution in [2.75, 3.05) is 7.11 Å². The Morgan fingerprint density at radius 3 is 2.39 bits per heavy atom. The standard InChI is InChI=1S/C16H32O2/c1-8-14-12(2)9-15(3,4)10-13(18-14)11-16(5,6)17-7/h12-14H,8-11H2,1-7H3. The minimum Gasteiger partial charge on any atom is -0.379 e. The van der Waals surface area contributed by atoms with E-state index in [1.807, 2.05) is 0 Å². The first kappa shape index (κ1) is 16.0. The van der Waals surface area contributed by atoms with Crippen LogP contribution in [0.5, 0.6) is 0 Å². The van der Waals surface area contributed by atoms with Crippen molar-refractivity contribution in [2.45, 2.75) is 85.0 Å². The molecule has 0 aromatic heterocycles. The molecule has 0 radical (unpaired) electrons. The minimum absolute atomic E-state index is 0.0907. The molecule has 1 aliphatic heterocycles. The molecule has 0 aromatic carbocycles. The topological polar surface area (TPSA) is 18.5 Å². The third-order valence-corrected chi connectivity index (χ3v) is 4.33. The van der Waals surface area contributed by atoms with E-state index in [-0.39, 0.29) is 5.60 Å². The predicted octanol–water partition coefficient (Wildman–Crippen LogP) is 4.42. The highest BCUT2D eigenvalue weighted by atomic mass is 16.5. The van der Waals surface area contributed by atoms with E-state index >= 15 is 0 Å². The van der Waals surface area contributed by atoms with Gasteiger partial charge >= 0.3 is 0 Å². The maximum absolute atomic E-state index is 6.37. The molecule has 0 N–H and O–H groups in total. The van der Waals surface area contributed by atoms with Gasteiger partial charge in [0, 0.05) is 13.5 Å². The van der Waals surface area contributed by atoms with Gasteiger partial charge in [-0.05, 0) is 44.4 Å². The Balaban J connectivity index is 2.77. The molecule has 1 rings (SSSR count). The molecule has 2 heteroatoms. The summed E-state index contributed by atoms with van der Waals surface area (Å²) in [6.45, 7) is 13.6. The highest BCUT2D eigenvalue weighted by molar-refractivity contribution is 4.86. The zero-order valence-electron chi connectivity index (χ0n) is 13.4. The highest BCUT2D eigenvalue weighted by Crippen LogP contribution is 2.40. The van der Waals surface area contributed by atoms with Gasteiger partial charge < -0.3 is 9.47 Å². The molecule has 108 valence electrons. The van der Waals surface area contributed by atoms with E-state index in [0.29, 0.717) is 23.5 Å². The van der Waals surface area contributed by atoms with Crippen molar-refractivity contribution in [3.8, 4) is 0 Å². The van der Waals surface area contributed by atoms with Crippen LogP contribution < -0.4 is 0 Å². The summed E-state index contributed by atoms with van der Waals surface area (Å²) in [6.07, 6.45) is 5.22. The smallest absolute Gasteiger partial charge is 0.0647 e. The number of hydrogen-bond donors (Lipinski definition) is 0. The molecule has 0 aliphatic carbocycles. The summed E-state index contributed by atoms with van der Waals surface area (Å²) in [6, 6.07) is 0. The van der Waals surface area contributed by atoms with Crippen molar-refractivity contribution in [3.63, 3.8) is 0 Å². The van der Waals surface area contributed by atoms with Crippen molar-refractivity contribution in [3.05, 3.63) is 0 Å². The molecule has 1 fully saturated rings. The lowest BCUT2D eigenvalue weighted by molar-refractivity contribution is -0.0809. The van der Waals surface area contributed by atoms with Gasteiger partial charge in [-0.15, -0.1) is 0 Å². The summed E-state index contributed by atoms with van der Waals surface area (Å²) in [5.74, 6) is 0.653. The van der Waals surface area contributed by atoms with Crippen molar-refractivity contribution in [1.29, 1.82) is 0 Å². The van der Waals surface area contributed by atoms with Gasteiger partial charge in [-0.2, -0.15) is 0 Å². The van der Waals surface area contributed by atoms with Gasteiger partial charge in [-0.3, -0.25) is 0 Å². The lowest BCUT2D eigenvalue weighted by Gasteiger charge is -2.32. The van der Waals surface area contributed by atoms with Gasteiger partial charge in [-0.25, -0.2) is 0 Å². The fraction of sp³-hybridized carbons (Fsp3) is 1.00.